The van der Waals surface area contributed by atoms with E-state index >= 15 is 0 Å². The first-order valence-corrected chi connectivity index (χ1v) is 3.84. The molecule has 0 N–H and O–H groups in total. The highest BCUT2D eigenvalue weighted by Gasteiger charge is 2.02. The molecule has 5 heteroatoms. The summed E-state index contributed by atoms with van der Waals surface area (Å²) in [5.41, 5.74) is -0.0515. The zero-order valence-electron chi connectivity index (χ0n) is 6.82. The van der Waals surface area contributed by atoms with Crippen molar-refractivity contribution in [3.05, 3.63) is 33.6 Å². The Kier molecular flexibility index (Phi) is 4.96. The van der Waals surface area contributed by atoms with Crippen molar-refractivity contribution in [1.82, 2.24) is 4.98 Å². The first-order valence-electron chi connectivity index (χ1n) is 3.46. The normalized spacial score (nSPS) is 8.25. The molecule has 0 amide bonds. The fourth-order valence-corrected chi connectivity index (χ4v) is 0.588. The molecule has 0 atom stereocenters. The summed E-state index contributed by atoms with van der Waals surface area (Å²) >= 11 is 5.38. The maximum Gasteiger partial charge on any atom is 0.287 e. The van der Waals surface area contributed by atoms with Gasteiger partial charge in [-0.1, -0.05) is 25.4 Å². The quantitative estimate of drug-likeness (QED) is 0.387. The molecule has 0 aliphatic heterocycles. The molecule has 0 aliphatic carbocycles. The van der Waals surface area contributed by atoms with Gasteiger partial charge in [0, 0.05) is 6.07 Å². The second kappa shape index (κ2) is 5.49. The Balaban J connectivity index is 0.000000561. The fourth-order valence-electron chi connectivity index (χ4n) is 0.476. The van der Waals surface area contributed by atoms with Crippen LogP contribution in [0.15, 0.2) is 18.3 Å². The Morgan fingerprint density at radius 2 is 2.08 bits per heavy atom. The summed E-state index contributed by atoms with van der Waals surface area (Å²) in [4.78, 5) is 13.0. The molecule has 12 heavy (non-hydrogen) atoms. The summed E-state index contributed by atoms with van der Waals surface area (Å²) in [6.07, 6.45) is 1.11. The molecule has 66 valence electrons. The van der Waals surface area contributed by atoms with E-state index in [0.717, 1.165) is 6.20 Å². The largest absolute Gasteiger partial charge is 0.287 e. The molecular weight excluding hydrogens is 180 g/mol. The molecule has 0 spiro atoms. The van der Waals surface area contributed by atoms with Crippen LogP contribution in [0.5, 0.6) is 0 Å². The number of pyridine rings is 1. The first-order chi connectivity index (χ1) is 5.70. The predicted molar refractivity (Wildman–Crippen MR) is 47.2 cm³/mol. The van der Waals surface area contributed by atoms with E-state index in [1.165, 1.54) is 12.1 Å². The van der Waals surface area contributed by atoms with E-state index in [1.807, 2.05) is 13.8 Å². The number of halogens is 1. The highest BCUT2D eigenvalue weighted by Crippen LogP contribution is 2.10. The third kappa shape index (κ3) is 3.30. The van der Waals surface area contributed by atoms with E-state index in [0.29, 0.717) is 0 Å². The van der Waals surface area contributed by atoms with Crippen molar-refractivity contribution in [2.24, 2.45) is 0 Å². The van der Waals surface area contributed by atoms with Crippen molar-refractivity contribution < 1.29 is 4.92 Å². The van der Waals surface area contributed by atoms with Crippen LogP contribution in [0.25, 0.3) is 0 Å². The van der Waals surface area contributed by atoms with Gasteiger partial charge in [-0.25, -0.2) is 4.98 Å². The Hall–Kier alpha value is -1.16. The number of nitro groups is 1. The van der Waals surface area contributed by atoms with E-state index in [1.54, 1.807) is 0 Å². The maximum atomic E-state index is 10.0. The fraction of sp³-hybridized carbons (Fsp3) is 0.286. The van der Waals surface area contributed by atoms with E-state index in [-0.39, 0.29) is 10.8 Å². The third-order valence-corrected chi connectivity index (χ3v) is 1.15. The SMILES string of the molecule is CC.O=[N+]([O-])c1ccc(Cl)nc1. The molecule has 0 radical (unpaired) electrons. The standard InChI is InChI=1S/C5H3ClN2O2.C2H6/c6-5-2-1-4(3-7-5)8(9)10;1-2/h1-3H;1-2H3. The van der Waals surface area contributed by atoms with Gasteiger partial charge < -0.3 is 0 Å². The van der Waals surface area contributed by atoms with Gasteiger partial charge in [0.15, 0.2) is 0 Å². The lowest BCUT2D eigenvalue weighted by atomic mass is 10.4. The van der Waals surface area contributed by atoms with Crippen LogP contribution in [0.1, 0.15) is 13.8 Å². The minimum Gasteiger partial charge on any atom is -0.258 e. The Labute approximate surface area is 75.3 Å². The average molecular weight is 189 g/mol. The lowest BCUT2D eigenvalue weighted by molar-refractivity contribution is -0.385. The van der Waals surface area contributed by atoms with Crippen LogP contribution in [0.4, 0.5) is 5.69 Å². The van der Waals surface area contributed by atoms with Crippen LogP contribution in [0.2, 0.25) is 5.15 Å². The highest BCUT2D eigenvalue weighted by molar-refractivity contribution is 6.29. The molecule has 0 saturated carbocycles. The molecule has 0 bridgehead atoms. The molecule has 4 nitrogen and oxygen atoms in total. The van der Waals surface area contributed by atoms with Gasteiger partial charge in [0.05, 0.1) is 4.92 Å². The average Bonchev–Trinajstić information content (AvgIpc) is 2.09. The van der Waals surface area contributed by atoms with E-state index < -0.39 is 4.92 Å². The molecule has 1 aromatic rings. The zero-order chi connectivity index (χ0) is 9.56. The minimum atomic E-state index is -0.524. The number of hydrogen-bond acceptors (Lipinski definition) is 3. The number of aromatic nitrogens is 1. The van der Waals surface area contributed by atoms with Gasteiger partial charge in [0.2, 0.25) is 0 Å². The van der Waals surface area contributed by atoms with Gasteiger partial charge in [-0.3, -0.25) is 10.1 Å². The topological polar surface area (TPSA) is 56.0 Å². The zero-order valence-corrected chi connectivity index (χ0v) is 7.58. The molecule has 1 aromatic heterocycles. The van der Waals surface area contributed by atoms with Crippen LogP contribution in [-0.4, -0.2) is 9.91 Å². The molecule has 1 rings (SSSR count). The van der Waals surface area contributed by atoms with Crippen molar-refractivity contribution in [3.63, 3.8) is 0 Å². The Morgan fingerprint density at radius 3 is 2.42 bits per heavy atom. The lowest BCUT2D eigenvalue weighted by Crippen LogP contribution is -1.87. The second-order valence-electron chi connectivity index (χ2n) is 1.60. The molecule has 0 aromatic carbocycles. The molecule has 0 unspecified atom stereocenters. The van der Waals surface area contributed by atoms with Crippen LogP contribution < -0.4 is 0 Å². The van der Waals surface area contributed by atoms with Crippen molar-refractivity contribution in [3.8, 4) is 0 Å². The first kappa shape index (κ1) is 10.8. The smallest absolute Gasteiger partial charge is 0.258 e. The minimum absolute atomic E-state index is 0.0515. The van der Waals surface area contributed by atoms with Crippen molar-refractivity contribution in [2.45, 2.75) is 13.8 Å². The van der Waals surface area contributed by atoms with E-state index in [9.17, 15) is 10.1 Å². The molecule has 0 fully saturated rings. The maximum absolute atomic E-state index is 10.0. The van der Waals surface area contributed by atoms with Gasteiger partial charge in [0.1, 0.15) is 11.3 Å². The lowest BCUT2D eigenvalue weighted by Gasteiger charge is -1.88. The summed E-state index contributed by atoms with van der Waals surface area (Å²) in [5.74, 6) is 0. The molecule has 1 heterocycles. The van der Waals surface area contributed by atoms with Crippen LogP contribution in [-0.2, 0) is 0 Å². The monoisotopic (exact) mass is 188 g/mol. The van der Waals surface area contributed by atoms with E-state index in [4.69, 9.17) is 11.6 Å². The summed E-state index contributed by atoms with van der Waals surface area (Å²) in [6, 6.07) is 2.68. The van der Waals surface area contributed by atoms with Crippen LogP contribution >= 0.6 is 11.6 Å². The van der Waals surface area contributed by atoms with Crippen molar-refractivity contribution in [1.29, 1.82) is 0 Å². The van der Waals surface area contributed by atoms with Gasteiger partial charge in [-0.2, -0.15) is 0 Å². The van der Waals surface area contributed by atoms with Crippen molar-refractivity contribution in [2.75, 3.05) is 0 Å². The Morgan fingerprint density at radius 1 is 1.50 bits per heavy atom. The molecule has 0 aliphatic rings. The van der Waals surface area contributed by atoms with Crippen LogP contribution in [0.3, 0.4) is 0 Å². The highest BCUT2D eigenvalue weighted by atomic mass is 35.5. The van der Waals surface area contributed by atoms with E-state index in [2.05, 4.69) is 4.98 Å². The second-order valence-corrected chi connectivity index (χ2v) is 1.98. The van der Waals surface area contributed by atoms with Crippen LogP contribution in [0, 0.1) is 10.1 Å². The third-order valence-electron chi connectivity index (χ3n) is 0.923. The molecule has 0 saturated heterocycles. The van der Waals surface area contributed by atoms with Gasteiger partial charge in [0.25, 0.3) is 5.69 Å². The summed E-state index contributed by atoms with van der Waals surface area (Å²) < 4.78 is 0. The van der Waals surface area contributed by atoms with Crippen molar-refractivity contribution >= 4 is 17.3 Å². The van der Waals surface area contributed by atoms with Gasteiger partial charge in [-0.15, -0.1) is 0 Å². The summed E-state index contributed by atoms with van der Waals surface area (Å²) in [5, 5.41) is 10.3. The number of rotatable bonds is 1. The summed E-state index contributed by atoms with van der Waals surface area (Å²) in [6.45, 7) is 4.00. The predicted octanol–water partition coefficient (Wildman–Crippen LogP) is 2.67. The Bertz CT molecular complexity index is 248. The molecular formula is C7H9ClN2O2. The van der Waals surface area contributed by atoms with Gasteiger partial charge in [-0.05, 0) is 6.07 Å². The van der Waals surface area contributed by atoms with Gasteiger partial charge >= 0.3 is 0 Å². The number of nitrogens with zero attached hydrogens (tertiary/aromatic N) is 2. The number of hydrogen-bond donors (Lipinski definition) is 0. The summed E-state index contributed by atoms with van der Waals surface area (Å²) in [7, 11) is 0.